The van der Waals surface area contributed by atoms with E-state index in [0.29, 0.717) is 6.04 Å². The maximum absolute atomic E-state index is 4.15. The minimum absolute atomic E-state index is 0.676. The number of hydrogen-bond acceptors (Lipinski definition) is 3. The zero-order valence-electron chi connectivity index (χ0n) is 8.73. The monoisotopic (exact) mass is 211 g/mol. The van der Waals surface area contributed by atoms with E-state index in [1.807, 2.05) is 29.7 Å². The molecule has 2 unspecified atom stereocenters. The highest BCUT2D eigenvalue weighted by Crippen LogP contribution is 2.23. The molecule has 78 valence electrons. The predicted molar refractivity (Wildman–Crippen MR) is 60.3 cm³/mol. The van der Waals surface area contributed by atoms with Crippen LogP contribution in [0.1, 0.15) is 12.6 Å². The number of rotatable bonds is 3. The van der Waals surface area contributed by atoms with Gasteiger partial charge in [-0.3, -0.25) is 4.68 Å². The fourth-order valence-electron chi connectivity index (χ4n) is 1.73. The molecule has 0 aromatic carbocycles. The number of aryl methyl sites for hydroxylation is 1. The van der Waals surface area contributed by atoms with Crippen LogP contribution in [-0.2, 0) is 13.6 Å². The first-order valence-electron chi connectivity index (χ1n) is 5.05. The number of thioether (sulfide) groups is 1. The summed E-state index contributed by atoms with van der Waals surface area (Å²) in [5, 5.41) is 7.75. The molecule has 0 saturated carbocycles. The Morgan fingerprint density at radius 2 is 2.50 bits per heavy atom. The molecule has 1 saturated heterocycles. The Kier molecular flexibility index (Phi) is 3.13. The fraction of sp³-hybridized carbons (Fsp3) is 0.700. The molecule has 3 nitrogen and oxygen atoms in total. The molecule has 1 fully saturated rings. The average Bonchev–Trinajstić information content (AvgIpc) is 2.72. The molecule has 14 heavy (non-hydrogen) atoms. The molecule has 4 heteroatoms. The highest BCUT2D eigenvalue weighted by molar-refractivity contribution is 7.99. The summed E-state index contributed by atoms with van der Waals surface area (Å²) in [6.07, 6.45) is 1.85. The third-order valence-corrected chi connectivity index (χ3v) is 4.19. The van der Waals surface area contributed by atoms with Gasteiger partial charge in [0.2, 0.25) is 0 Å². The highest BCUT2D eigenvalue weighted by Gasteiger charge is 2.23. The normalized spacial score (nSPS) is 27.0. The van der Waals surface area contributed by atoms with Gasteiger partial charge in [-0.25, -0.2) is 0 Å². The van der Waals surface area contributed by atoms with Crippen molar-refractivity contribution in [1.82, 2.24) is 15.1 Å². The maximum Gasteiger partial charge on any atom is 0.0518 e. The van der Waals surface area contributed by atoms with Crippen molar-refractivity contribution in [2.75, 3.05) is 11.5 Å². The SMILES string of the molecule is CC1CSCC1NCc1ccnn1C. The summed E-state index contributed by atoms with van der Waals surface area (Å²) >= 11 is 2.05. The van der Waals surface area contributed by atoms with Crippen LogP contribution in [0, 0.1) is 5.92 Å². The lowest BCUT2D eigenvalue weighted by molar-refractivity contribution is 0.445. The average molecular weight is 211 g/mol. The van der Waals surface area contributed by atoms with Crippen LogP contribution in [0.4, 0.5) is 0 Å². The summed E-state index contributed by atoms with van der Waals surface area (Å²) in [6, 6.07) is 2.75. The molecule has 0 bridgehead atoms. The summed E-state index contributed by atoms with van der Waals surface area (Å²) < 4.78 is 1.93. The van der Waals surface area contributed by atoms with Crippen LogP contribution in [0.2, 0.25) is 0 Å². The molecule has 0 spiro atoms. The lowest BCUT2D eigenvalue weighted by Crippen LogP contribution is -2.34. The number of nitrogens with zero attached hydrogens (tertiary/aromatic N) is 2. The zero-order chi connectivity index (χ0) is 9.97. The minimum Gasteiger partial charge on any atom is -0.307 e. The van der Waals surface area contributed by atoms with Gasteiger partial charge in [-0.1, -0.05) is 6.92 Å². The summed E-state index contributed by atoms with van der Waals surface area (Å²) in [4.78, 5) is 0. The summed E-state index contributed by atoms with van der Waals surface area (Å²) in [7, 11) is 1.99. The van der Waals surface area contributed by atoms with E-state index in [1.165, 1.54) is 17.2 Å². The second-order valence-corrected chi connectivity index (χ2v) is 5.02. The van der Waals surface area contributed by atoms with Crippen molar-refractivity contribution in [3.05, 3.63) is 18.0 Å². The van der Waals surface area contributed by atoms with Gasteiger partial charge in [0.25, 0.3) is 0 Å². The van der Waals surface area contributed by atoms with Gasteiger partial charge in [0.05, 0.1) is 5.69 Å². The van der Waals surface area contributed by atoms with Gasteiger partial charge in [0.1, 0.15) is 0 Å². The zero-order valence-corrected chi connectivity index (χ0v) is 9.55. The van der Waals surface area contributed by atoms with Gasteiger partial charge >= 0.3 is 0 Å². The first-order valence-corrected chi connectivity index (χ1v) is 6.21. The van der Waals surface area contributed by atoms with E-state index < -0.39 is 0 Å². The van der Waals surface area contributed by atoms with Crippen LogP contribution in [0.3, 0.4) is 0 Å². The van der Waals surface area contributed by atoms with E-state index in [2.05, 4.69) is 23.4 Å². The van der Waals surface area contributed by atoms with Crippen LogP contribution in [-0.4, -0.2) is 27.3 Å². The van der Waals surface area contributed by atoms with E-state index in [4.69, 9.17) is 0 Å². The summed E-state index contributed by atoms with van der Waals surface area (Å²) in [6.45, 7) is 3.26. The minimum atomic E-state index is 0.676. The largest absolute Gasteiger partial charge is 0.307 e. The lowest BCUT2D eigenvalue weighted by atomic mass is 10.1. The molecule has 2 atom stereocenters. The van der Waals surface area contributed by atoms with Crippen LogP contribution in [0.5, 0.6) is 0 Å². The van der Waals surface area contributed by atoms with Crippen molar-refractivity contribution in [3.63, 3.8) is 0 Å². The molecular weight excluding hydrogens is 194 g/mol. The van der Waals surface area contributed by atoms with Crippen LogP contribution in [0.15, 0.2) is 12.3 Å². The number of hydrogen-bond donors (Lipinski definition) is 1. The van der Waals surface area contributed by atoms with E-state index >= 15 is 0 Å². The quantitative estimate of drug-likeness (QED) is 0.816. The molecule has 0 aliphatic carbocycles. The summed E-state index contributed by atoms with van der Waals surface area (Å²) in [5.41, 5.74) is 1.26. The molecule has 1 aromatic heterocycles. The van der Waals surface area contributed by atoms with E-state index in [9.17, 15) is 0 Å². The van der Waals surface area contributed by atoms with Crippen LogP contribution >= 0.6 is 11.8 Å². The first-order chi connectivity index (χ1) is 6.77. The Morgan fingerprint density at radius 3 is 3.07 bits per heavy atom. The smallest absolute Gasteiger partial charge is 0.0518 e. The van der Waals surface area contributed by atoms with Gasteiger partial charge in [0, 0.05) is 31.6 Å². The predicted octanol–water partition coefficient (Wildman–Crippen LogP) is 1.26. The molecule has 0 amide bonds. The Hall–Kier alpha value is -0.480. The Balaban J connectivity index is 1.85. The van der Waals surface area contributed by atoms with Crippen molar-refractivity contribution >= 4 is 11.8 Å². The van der Waals surface area contributed by atoms with Crippen molar-refractivity contribution in [2.24, 2.45) is 13.0 Å². The fourth-order valence-corrected chi connectivity index (χ4v) is 3.17. The molecule has 2 rings (SSSR count). The van der Waals surface area contributed by atoms with E-state index in [1.54, 1.807) is 0 Å². The Morgan fingerprint density at radius 1 is 1.64 bits per heavy atom. The molecule has 0 radical (unpaired) electrons. The second kappa shape index (κ2) is 4.36. The molecular formula is C10H17N3S. The summed E-state index contributed by atoms with van der Waals surface area (Å²) in [5.74, 6) is 3.34. The van der Waals surface area contributed by atoms with Crippen molar-refractivity contribution in [2.45, 2.75) is 19.5 Å². The molecule has 1 aliphatic rings. The number of aromatic nitrogens is 2. The van der Waals surface area contributed by atoms with E-state index in [-0.39, 0.29) is 0 Å². The molecule has 1 aromatic rings. The topological polar surface area (TPSA) is 29.9 Å². The van der Waals surface area contributed by atoms with Crippen LogP contribution < -0.4 is 5.32 Å². The Bertz CT molecular complexity index is 297. The Labute approximate surface area is 89.3 Å². The van der Waals surface area contributed by atoms with Crippen molar-refractivity contribution < 1.29 is 0 Å². The van der Waals surface area contributed by atoms with E-state index in [0.717, 1.165) is 12.5 Å². The third-order valence-electron chi connectivity index (χ3n) is 2.83. The van der Waals surface area contributed by atoms with Crippen molar-refractivity contribution in [3.8, 4) is 0 Å². The standard InChI is InChI=1S/C10H17N3S/c1-8-6-14-7-10(8)11-5-9-3-4-12-13(9)2/h3-4,8,10-11H,5-7H2,1-2H3. The molecule has 2 heterocycles. The van der Waals surface area contributed by atoms with Crippen LogP contribution in [0.25, 0.3) is 0 Å². The molecule has 1 aliphatic heterocycles. The second-order valence-electron chi connectivity index (χ2n) is 3.95. The van der Waals surface area contributed by atoms with Crippen molar-refractivity contribution in [1.29, 1.82) is 0 Å². The van der Waals surface area contributed by atoms with Gasteiger partial charge < -0.3 is 5.32 Å². The number of nitrogens with one attached hydrogen (secondary N) is 1. The third kappa shape index (κ3) is 2.12. The van der Waals surface area contributed by atoms with Gasteiger partial charge in [-0.15, -0.1) is 0 Å². The van der Waals surface area contributed by atoms with Gasteiger partial charge in [-0.2, -0.15) is 16.9 Å². The highest BCUT2D eigenvalue weighted by atomic mass is 32.2. The van der Waals surface area contributed by atoms with Gasteiger partial charge in [0.15, 0.2) is 0 Å². The maximum atomic E-state index is 4.15. The first kappa shape index (κ1) is 10.1. The molecule has 1 N–H and O–H groups in total. The lowest BCUT2D eigenvalue weighted by Gasteiger charge is -2.16. The van der Waals surface area contributed by atoms with Gasteiger partial charge in [-0.05, 0) is 17.7 Å².